The number of amides is 1. The first-order valence-electron chi connectivity index (χ1n) is 8.36. The van der Waals surface area contributed by atoms with Crippen molar-refractivity contribution in [3.8, 4) is 0 Å². The van der Waals surface area contributed by atoms with Crippen LogP contribution in [0.2, 0.25) is 0 Å². The maximum Gasteiger partial charge on any atom is 0.221 e. The van der Waals surface area contributed by atoms with Crippen molar-refractivity contribution in [1.82, 2.24) is 14.8 Å². The Labute approximate surface area is 164 Å². The number of nitrogens with one attached hydrogen (secondary N) is 1. The maximum absolute atomic E-state index is 14.4. The van der Waals surface area contributed by atoms with E-state index in [-0.39, 0.29) is 23.8 Å². The van der Waals surface area contributed by atoms with E-state index in [1.54, 1.807) is 24.3 Å². The van der Waals surface area contributed by atoms with Gasteiger partial charge in [-0.3, -0.25) is 4.79 Å². The summed E-state index contributed by atoms with van der Waals surface area (Å²) in [6.07, 6.45) is 2.73. The van der Waals surface area contributed by atoms with Gasteiger partial charge in [0.25, 0.3) is 0 Å². The third-order valence-electron chi connectivity index (χ3n) is 3.97. The molecule has 1 amide bonds. The lowest BCUT2D eigenvalue weighted by Crippen LogP contribution is -2.35. The molecule has 0 saturated carbocycles. The van der Waals surface area contributed by atoms with Crippen LogP contribution in [-0.2, 0) is 16.9 Å². The van der Waals surface area contributed by atoms with Gasteiger partial charge in [0.2, 0.25) is 5.91 Å². The summed E-state index contributed by atoms with van der Waals surface area (Å²) in [5, 5.41) is 17.9. The number of aromatic nitrogens is 3. The Hall–Kier alpha value is -2.78. The van der Waals surface area contributed by atoms with Crippen LogP contribution in [0.15, 0.2) is 60.0 Å². The molecule has 0 aliphatic heterocycles. The van der Waals surface area contributed by atoms with E-state index in [0.29, 0.717) is 5.69 Å². The molecule has 0 aliphatic carbocycles. The Balaban J connectivity index is 1.82. The molecule has 3 rings (SSSR count). The van der Waals surface area contributed by atoms with Gasteiger partial charge in [0.1, 0.15) is 29.9 Å². The summed E-state index contributed by atoms with van der Waals surface area (Å²) < 4.78 is 29.1. The Kier molecular flexibility index (Phi) is 6.05. The number of benzene rings is 2. The van der Waals surface area contributed by atoms with Crippen molar-refractivity contribution in [2.24, 2.45) is 0 Å². The molecule has 146 valence electrons. The highest BCUT2D eigenvalue weighted by atomic mass is 32.2. The minimum Gasteiger partial charge on any atom is -0.382 e. The molecule has 3 aromatic rings. The van der Waals surface area contributed by atoms with Gasteiger partial charge >= 0.3 is 0 Å². The van der Waals surface area contributed by atoms with Crippen LogP contribution in [0.4, 0.5) is 14.5 Å². The van der Waals surface area contributed by atoms with Crippen LogP contribution in [0, 0.1) is 11.6 Å². The second-order valence-corrected chi connectivity index (χ2v) is 7.29. The molecule has 2 aromatic carbocycles. The van der Waals surface area contributed by atoms with Crippen LogP contribution < -0.4 is 5.32 Å². The molecule has 1 atom stereocenters. The fraction of sp³-hybridized carbons (Fsp3) is 0.211. The summed E-state index contributed by atoms with van der Waals surface area (Å²) in [4.78, 5) is 15.7. The lowest BCUT2D eigenvalue weighted by atomic mass is 9.95. The molecule has 1 unspecified atom stereocenters. The Bertz CT molecular complexity index is 951. The third-order valence-corrected chi connectivity index (χ3v) is 5.20. The minimum atomic E-state index is -1.65. The average Bonchev–Trinajstić information content (AvgIpc) is 3.13. The molecule has 0 spiro atoms. The van der Waals surface area contributed by atoms with Gasteiger partial charge < -0.3 is 10.4 Å². The minimum absolute atomic E-state index is 0.0215. The molecule has 0 fully saturated rings. The van der Waals surface area contributed by atoms with E-state index in [1.165, 1.54) is 42.1 Å². The maximum atomic E-state index is 14.4. The molecular formula is C19H18F2N4O2S. The van der Waals surface area contributed by atoms with Crippen LogP contribution in [0.25, 0.3) is 0 Å². The molecule has 0 saturated heterocycles. The van der Waals surface area contributed by atoms with Gasteiger partial charge in [0.15, 0.2) is 0 Å². The number of rotatable bonds is 7. The van der Waals surface area contributed by atoms with E-state index in [9.17, 15) is 18.7 Å². The van der Waals surface area contributed by atoms with E-state index >= 15 is 0 Å². The first-order chi connectivity index (χ1) is 13.4. The summed E-state index contributed by atoms with van der Waals surface area (Å²) in [6, 6.07) is 10.1. The average molecular weight is 404 g/mol. The molecule has 0 aliphatic rings. The van der Waals surface area contributed by atoms with Crippen molar-refractivity contribution in [3.05, 3.63) is 72.3 Å². The van der Waals surface area contributed by atoms with Crippen molar-refractivity contribution in [2.75, 3.05) is 11.1 Å². The summed E-state index contributed by atoms with van der Waals surface area (Å²) >= 11 is 1.30. The van der Waals surface area contributed by atoms with E-state index < -0.39 is 17.2 Å². The Morgan fingerprint density at radius 1 is 1.25 bits per heavy atom. The van der Waals surface area contributed by atoms with E-state index in [2.05, 4.69) is 15.4 Å². The second-order valence-electron chi connectivity index (χ2n) is 6.24. The normalized spacial score (nSPS) is 13.1. The highest BCUT2D eigenvalue weighted by molar-refractivity contribution is 7.99. The van der Waals surface area contributed by atoms with Crippen LogP contribution in [-0.4, -0.2) is 31.5 Å². The molecule has 0 bridgehead atoms. The summed E-state index contributed by atoms with van der Waals surface area (Å²) in [6.45, 7) is 1.37. The molecule has 9 heteroatoms. The molecular weight excluding hydrogens is 386 g/mol. The monoisotopic (exact) mass is 404 g/mol. The highest BCUT2D eigenvalue weighted by Crippen LogP contribution is 2.33. The molecule has 28 heavy (non-hydrogen) atoms. The number of halogens is 2. The van der Waals surface area contributed by atoms with E-state index in [4.69, 9.17) is 0 Å². The highest BCUT2D eigenvalue weighted by Gasteiger charge is 2.33. The zero-order valence-corrected chi connectivity index (χ0v) is 15.8. The predicted octanol–water partition coefficient (Wildman–Crippen LogP) is 3.19. The van der Waals surface area contributed by atoms with Gasteiger partial charge in [-0.15, -0.1) is 11.8 Å². The quantitative estimate of drug-likeness (QED) is 0.591. The molecule has 6 nitrogen and oxygen atoms in total. The van der Waals surface area contributed by atoms with Gasteiger partial charge in [-0.05, 0) is 30.3 Å². The lowest BCUT2D eigenvalue weighted by Gasteiger charge is -2.28. The van der Waals surface area contributed by atoms with Gasteiger partial charge in [-0.25, -0.2) is 18.4 Å². The predicted molar refractivity (Wildman–Crippen MR) is 102 cm³/mol. The fourth-order valence-corrected chi connectivity index (χ4v) is 3.68. The SMILES string of the molecule is CC(=O)Nc1ccc(SCC(O)(Cn2cncn2)c2ccc(F)cc2F)cc1. The fourth-order valence-electron chi connectivity index (χ4n) is 2.70. The van der Waals surface area contributed by atoms with Crippen LogP contribution >= 0.6 is 11.8 Å². The topological polar surface area (TPSA) is 80.0 Å². The number of carbonyl (C=O) groups excluding carboxylic acids is 1. The zero-order valence-electron chi connectivity index (χ0n) is 15.0. The summed E-state index contributed by atoms with van der Waals surface area (Å²) in [5.41, 5.74) is -1.02. The van der Waals surface area contributed by atoms with Gasteiger partial charge in [0.05, 0.1) is 6.54 Å². The number of anilines is 1. The first-order valence-corrected chi connectivity index (χ1v) is 9.35. The standard InChI is InChI=1S/C19H18F2N4O2S/c1-13(26)24-15-3-5-16(6-4-15)28-10-19(27,9-25-12-22-11-23-25)17-7-2-14(20)8-18(17)21/h2-8,11-12,27H,9-10H2,1H3,(H,24,26). The molecule has 1 aromatic heterocycles. The number of aliphatic hydroxyl groups is 1. The van der Waals surface area contributed by atoms with Crippen LogP contribution in [0.3, 0.4) is 0 Å². The molecule has 1 heterocycles. The van der Waals surface area contributed by atoms with E-state index in [0.717, 1.165) is 17.0 Å². The van der Waals surface area contributed by atoms with Gasteiger partial charge in [-0.1, -0.05) is 6.07 Å². The van der Waals surface area contributed by atoms with Crippen molar-refractivity contribution in [2.45, 2.75) is 24.0 Å². The Morgan fingerprint density at radius 3 is 2.61 bits per heavy atom. The number of carbonyl (C=O) groups is 1. The first kappa shape index (κ1) is 20.0. The van der Waals surface area contributed by atoms with Crippen LogP contribution in [0.5, 0.6) is 0 Å². The lowest BCUT2D eigenvalue weighted by molar-refractivity contribution is -0.114. The smallest absolute Gasteiger partial charge is 0.221 e. The number of hydrogen-bond donors (Lipinski definition) is 2. The summed E-state index contributed by atoms with van der Waals surface area (Å²) in [5.74, 6) is -1.63. The molecule has 2 N–H and O–H groups in total. The van der Waals surface area contributed by atoms with Crippen molar-refractivity contribution >= 4 is 23.4 Å². The number of nitrogens with zero attached hydrogens (tertiary/aromatic N) is 3. The third kappa shape index (κ3) is 4.93. The zero-order chi connectivity index (χ0) is 20.1. The second kappa shape index (κ2) is 8.49. The molecule has 0 radical (unpaired) electrons. The van der Waals surface area contributed by atoms with Crippen LogP contribution in [0.1, 0.15) is 12.5 Å². The van der Waals surface area contributed by atoms with Crippen molar-refractivity contribution in [1.29, 1.82) is 0 Å². The Morgan fingerprint density at radius 2 is 2.00 bits per heavy atom. The summed E-state index contributed by atoms with van der Waals surface area (Å²) in [7, 11) is 0. The van der Waals surface area contributed by atoms with Gasteiger partial charge in [-0.2, -0.15) is 5.10 Å². The number of thioether (sulfide) groups is 1. The van der Waals surface area contributed by atoms with Gasteiger partial charge in [0, 0.05) is 34.9 Å². The largest absolute Gasteiger partial charge is 0.382 e. The van der Waals surface area contributed by atoms with Crippen molar-refractivity contribution in [3.63, 3.8) is 0 Å². The number of hydrogen-bond acceptors (Lipinski definition) is 5. The van der Waals surface area contributed by atoms with Crippen molar-refractivity contribution < 1.29 is 18.7 Å². The van der Waals surface area contributed by atoms with E-state index in [1.807, 2.05) is 0 Å².